The van der Waals surface area contributed by atoms with Crippen LogP contribution in [0.15, 0.2) is 9.03 Å². The van der Waals surface area contributed by atoms with Crippen LogP contribution >= 0.6 is 59.1 Å². The summed E-state index contributed by atoms with van der Waals surface area (Å²) in [5.41, 5.74) is 0. The molecule has 3 N–H and O–H groups in total. The molecule has 25 heavy (non-hydrogen) atoms. The second kappa shape index (κ2) is 8.83. The Kier molecular flexibility index (Phi) is 8.63. The van der Waals surface area contributed by atoms with Crippen molar-refractivity contribution < 1.29 is 36.3 Å². The molecule has 0 saturated carbocycles. The lowest BCUT2D eigenvalue weighted by Crippen LogP contribution is -2.20. The maximum Gasteiger partial charge on any atom is 0.411 e. The van der Waals surface area contributed by atoms with E-state index < -0.39 is 36.6 Å². The Morgan fingerprint density at radius 3 is 1.72 bits per heavy atom. The molecule has 3 atom stereocenters. The van der Waals surface area contributed by atoms with Crippen molar-refractivity contribution >= 4 is 59.1 Å². The first kappa shape index (κ1) is 24.4. The van der Waals surface area contributed by atoms with Crippen LogP contribution in [-0.4, -0.2) is 35.5 Å². The molecule has 1 aliphatic rings. The topological polar surface area (TPSA) is 158 Å². The summed E-state index contributed by atoms with van der Waals surface area (Å²) in [5, 5.41) is 0. The number of rotatable bonds is 9. The van der Waals surface area contributed by atoms with Crippen molar-refractivity contribution in [2.24, 2.45) is 9.03 Å². The van der Waals surface area contributed by atoms with Gasteiger partial charge in [0.15, 0.2) is 0 Å². The van der Waals surface area contributed by atoms with Crippen LogP contribution in [0.2, 0.25) is 0 Å². The third-order valence-electron chi connectivity index (χ3n) is 2.45. The van der Waals surface area contributed by atoms with E-state index in [0.29, 0.717) is 0 Å². The Hall–Kier alpha value is 1.41. The maximum absolute atomic E-state index is 12.7. The summed E-state index contributed by atoms with van der Waals surface area (Å²) in [4.78, 5) is 6.90. The minimum Gasteiger partial charge on any atom is -0.304 e. The first-order valence-corrected chi connectivity index (χ1v) is 15.9. The van der Waals surface area contributed by atoms with Crippen LogP contribution in [-0.2, 0) is 36.3 Å². The summed E-state index contributed by atoms with van der Waals surface area (Å²) >= 11 is 12.5. The maximum atomic E-state index is 12.7. The van der Waals surface area contributed by atoms with Gasteiger partial charge in [-0.15, -0.1) is 0 Å². The van der Waals surface area contributed by atoms with E-state index in [1.54, 1.807) is 0 Å². The van der Waals surface area contributed by atoms with Gasteiger partial charge in [-0.1, -0.05) is 0 Å². The van der Waals surface area contributed by atoms with Crippen LogP contribution < -0.4 is 14.6 Å². The molecular formula is C5H18Cl2N5O8P5. The second-order valence-corrected chi connectivity index (χ2v) is 17.7. The highest BCUT2D eigenvalue weighted by molar-refractivity contribution is 8.06. The lowest BCUT2D eigenvalue weighted by molar-refractivity contribution is 0.272. The molecule has 13 nitrogen and oxygen atoms in total. The van der Waals surface area contributed by atoms with Gasteiger partial charge >= 0.3 is 23.2 Å². The van der Waals surface area contributed by atoms with E-state index in [-0.39, 0.29) is 0 Å². The van der Waals surface area contributed by atoms with E-state index in [2.05, 4.69) is 23.6 Å². The van der Waals surface area contributed by atoms with Gasteiger partial charge in [-0.05, 0) is 22.5 Å². The zero-order valence-electron chi connectivity index (χ0n) is 13.7. The summed E-state index contributed by atoms with van der Waals surface area (Å²) in [5.74, 6) is 0. The fourth-order valence-electron chi connectivity index (χ4n) is 1.33. The van der Waals surface area contributed by atoms with Gasteiger partial charge in [0.2, 0.25) is 13.4 Å². The molecule has 0 unspecified atom stereocenters. The first-order chi connectivity index (χ1) is 11.3. The number of nitrogens with zero attached hydrogens (tertiary/aromatic N) is 2. The third-order valence-corrected chi connectivity index (χ3v) is 18.7. The molecule has 1 heterocycles. The van der Waals surface area contributed by atoms with Crippen molar-refractivity contribution in [2.45, 2.75) is 0 Å². The van der Waals surface area contributed by atoms with Crippen LogP contribution in [0.25, 0.3) is 0 Å². The van der Waals surface area contributed by atoms with Gasteiger partial charge in [0.25, 0.3) is 0 Å². The number of halogens is 2. The highest BCUT2D eigenvalue weighted by atomic mass is 35.7. The van der Waals surface area contributed by atoms with E-state index in [1.165, 1.54) is 0 Å². The zero-order chi connectivity index (χ0) is 19.6. The Balaban J connectivity index is 3.49. The standard InChI is InChI=1S/C5H18Cl2N5O8P5/c1-16-23(13)9-21(6,11-24(14,17-2)18-3)8-22(7,10-23)12-25(15,19-4)20-5/h1-5H3,(H,9,13)(H,11,14)(H,12,15)/t21-,22-,23-/m0/s1. The molecule has 20 heteroatoms. The molecule has 0 radical (unpaired) electrons. The fourth-order valence-corrected chi connectivity index (χ4v) is 19.1. The van der Waals surface area contributed by atoms with Crippen LogP contribution in [0, 0.1) is 0 Å². The summed E-state index contributed by atoms with van der Waals surface area (Å²) in [6.45, 7) is -7.41. The summed E-state index contributed by atoms with van der Waals surface area (Å²) < 4.78 is 68.7. The van der Waals surface area contributed by atoms with E-state index in [0.717, 1.165) is 35.5 Å². The van der Waals surface area contributed by atoms with Gasteiger partial charge in [0, 0.05) is 35.5 Å². The molecule has 0 aromatic heterocycles. The monoisotopic (exact) mass is 501 g/mol. The number of hydrogen-bond acceptors (Lipinski definition) is 9. The van der Waals surface area contributed by atoms with E-state index in [1.807, 2.05) is 0 Å². The van der Waals surface area contributed by atoms with Crippen molar-refractivity contribution in [3.05, 3.63) is 0 Å². The zero-order valence-corrected chi connectivity index (χ0v) is 19.6. The van der Waals surface area contributed by atoms with Gasteiger partial charge in [-0.3, -0.25) is 18.1 Å². The molecule has 0 spiro atoms. The molecular weight excluding hydrogens is 484 g/mol. The van der Waals surface area contributed by atoms with Gasteiger partial charge in [-0.2, -0.15) is 23.6 Å². The fraction of sp³-hybridized carbons (Fsp3) is 1.00. The predicted molar refractivity (Wildman–Crippen MR) is 97.7 cm³/mol. The Morgan fingerprint density at radius 1 is 0.880 bits per heavy atom. The molecule has 0 fully saturated rings. The van der Waals surface area contributed by atoms with E-state index >= 15 is 0 Å². The normalized spacial score (nSPS) is 33.6. The molecule has 0 amide bonds. The minimum absolute atomic E-state index is 1.07. The van der Waals surface area contributed by atoms with Crippen LogP contribution in [0.5, 0.6) is 0 Å². The SMILES string of the molecule is COP(=O)(N[P@]1(Cl)=N[P@@](=O)(OC)N[P@@](Cl)(NP(=O)(OC)OC)=N1)OC. The summed E-state index contributed by atoms with van der Waals surface area (Å²) in [6, 6.07) is 0. The second-order valence-electron chi connectivity index (χ2n) is 3.99. The third kappa shape index (κ3) is 6.47. The van der Waals surface area contributed by atoms with Crippen LogP contribution in [0.4, 0.5) is 0 Å². The van der Waals surface area contributed by atoms with Crippen molar-refractivity contribution in [1.29, 1.82) is 0 Å². The summed E-state index contributed by atoms with van der Waals surface area (Å²) in [6.07, 6.45) is 0. The average molecular weight is 502 g/mol. The molecule has 150 valence electrons. The molecule has 0 saturated heterocycles. The molecule has 0 aliphatic carbocycles. The molecule has 0 bridgehead atoms. The van der Waals surface area contributed by atoms with Crippen molar-refractivity contribution in [3.63, 3.8) is 0 Å². The molecule has 1 rings (SSSR count). The van der Waals surface area contributed by atoms with Gasteiger partial charge in [-0.25, -0.2) is 13.7 Å². The van der Waals surface area contributed by atoms with Crippen molar-refractivity contribution in [3.8, 4) is 0 Å². The van der Waals surface area contributed by atoms with Gasteiger partial charge in [0.05, 0.1) is 0 Å². The van der Waals surface area contributed by atoms with E-state index in [9.17, 15) is 13.7 Å². The smallest absolute Gasteiger partial charge is 0.304 e. The molecule has 0 aromatic carbocycles. The van der Waals surface area contributed by atoms with Crippen molar-refractivity contribution in [2.75, 3.05) is 35.5 Å². The predicted octanol–water partition coefficient (Wildman–Crippen LogP) is 4.70. The lowest BCUT2D eigenvalue weighted by Gasteiger charge is -2.32. The quantitative estimate of drug-likeness (QED) is 0.376. The lowest BCUT2D eigenvalue weighted by atomic mass is 11.8. The average Bonchev–Trinajstić information content (AvgIpc) is 2.52. The van der Waals surface area contributed by atoms with E-state index in [4.69, 9.17) is 45.1 Å². The Morgan fingerprint density at radius 2 is 1.32 bits per heavy atom. The van der Waals surface area contributed by atoms with Crippen molar-refractivity contribution in [1.82, 2.24) is 14.6 Å². The highest BCUT2D eigenvalue weighted by Crippen LogP contribution is 2.79. The Bertz CT molecular complexity index is 744. The first-order valence-electron chi connectivity index (χ1n) is 5.98. The minimum atomic E-state index is -4.02. The number of nitrogens with one attached hydrogen (secondary N) is 3. The highest BCUT2D eigenvalue weighted by Gasteiger charge is 2.45. The van der Waals surface area contributed by atoms with Crippen LogP contribution in [0.1, 0.15) is 0 Å². The summed E-state index contributed by atoms with van der Waals surface area (Å²) in [7, 11) is -6.43. The Labute approximate surface area is 154 Å². The van der Waals surface area contributed by atoms with Crippen LogP contribution in [0.3, 0.4) is 0 Å². The number of hydrogen-bond donors (Lipinski definition) is 3. The largest absolute Gasteiger partial charge is 0.411 e. The molecule has 0 aromatic rings. The molecule has 1 aliphatic heterocycles. The van der Waals surface area contributed by atoms with Gasteiger partial charge < -0.3 is 4.52 Å². The van der Waals surface area contributed by atoms with Gasteiger partial charge in [0.1, 0.15) is 0 Å².